The van der Waals surface area contributed by atoms with Crippen LogP contribution in [0.4, 0.5) is 5.69 Å². The third kappa shape index (κ3) is 3.77. The van der Waals surface area contributed by atoms with Crippen LogP contribution in [0.5, 0.6) is 0 Å². The van der Waals surface area contributed by atoms with Crippen LogP contribution in [0.25, 0.3) is 0 Å². The number of carbonyl (C=O) groups excluding carboxylic acids is 2. The number of aryl methyl sites for hydroxylation is 1. The molecule has 1 aliphatic heterocycles. The summed E-state index contributed by atoms with van der Waals surface area (Å²) in [5, 5.41) is 11.5. The monoisotopic (exact) mass is 356 g/mol. The third-order valence-corrected chi connectivity index (χ3v) is 4.46. The first-order valence-corrected chi connectivity index (χ1v) is 8.47. The lowest BCUT2D eigenvalue weighted by atomic mass is 10.1. The van der Waals surface area contributed by atoms with Crippen LogP contribution < -0.4 is 10.2 Å². The van der Waals surface area contributed by atoms with E-state index < -0.39 is 11.9 Å². The predicted molar refractivity (Wildman–Crippen MR) is 93.8 cm³/mol. The van der Waals surface area contributed by atoms with Crippen molar-refractivity contribution in [2.75, 3.05) is 11.4 Å². The second kappa shape index (κ2) is 7.43. The maximum absolute atomic E-state index is 12.3. The Hall–Kier alpha value is -3.09. The molecular formula is C19H20N2O5. The van der Waals surface area contributed by atoms with E-state index >= 15 is 0 Å². The molecule has 136 valence electrons. The SMILES string of the molecule is CCc1ccc(N2CC(C(=O)NCc3ccc(C(=O)O)o3)CC2=O)cc1. The van der Waals surface area contributed by atoms with E-state index in [2.05, 4.69) is 12.2 Å². The zero-order chi connectivity index (χ0) is 18.7. The first kappa shape index (κ1) is 17.7. The highest BCUT2D eigenvalue weighted by Crippen LogP contribution is 2.25. The van der Waals surface area contributed by atoms with E-state index in [-0.39, 0.29) is 30.5 Å². The number of anilines is 1. The fourth-order valence-corrected chi connectivity index (χ4v) is 2.95. The lowest BCUT2D eigenvalue weighted by Gasteiger charge is -2.17. The number of carboxylic acids is 1. The van der Waals surface area contributed by atoms with Gasteiger partial charge in [-0.25, -0.2) is 4.79 Å². The number of hydrogen-bond donors (Lipinski definition) is 2. The number of amides is 2. The number of aromatic carboxylic acids is 1. The van der Waals surface area contributed by atoms with E-state index in [1.807, 2.05) is 24.3 Å². The maximum atomic E-state index is 12.3. The number of nitrogens with zero attached hydrogens (tertiary/aromatic N) is 1. The molecule has 1 atom stereocenters. The Kier molecular flexibility index (Phi) is 5.06. The van der Waals surface area contributed by atoms with E-state index in [1.54, 1.807) is 4.90 Å². The maximum Gasteiger partial charge on any atom is 0.371 e. The van der Waals surface area contributed by atoms with Crippen LogP contribution in [-0.2, 0) is 22.6 Å². The Morgan fingerprint density at radius 2 is 1.96 bits per heavy atom. The molecule has 0 spiro atoms. The van der Waals surface area contributed by atoms with Gasteiger partial charge in [-0.15, -0.1) is 0 Å². The number of nitrogens with one attached hydrogen (secondary N) is 1. The summed E-state index contributed by atoms with van der Waals surface area (Å²) in [5.41, 5.74) is 1.98. The van der Waals surface area contributed by atoms with Gasteiger partial charge in [0.25, 0.3) is 0 Å². The van der Waals surface area contributed by atoms with Crippen molar-refractivity contribution in [2.45, 2.75) is 26.3 Å². The molecule has 0 radical (unpaired) electrons. The Bertz CT molecular complexity index is 825. The molecule has 1 unspecified atom stereocenters. The summed E-state index contributed by atoms with van der Waals surface area (Å²) in [6, 6.07) is 10.6. The molecular weight excluding hydrogens is 336 g/mol. The molecule has 0 bridgehead atoms. The first-order chi connectivity index (χ1) is 12.5. The molecule has 2 aromatic rings. The number of carbonyl (C=O) groups is 3. The highest BCUT2D eigenvalue weighted by molar-refractivity contribution is 6.00. The van der Waals surface area contributed by atoms with Gasteiger partial charge in [0.2, 0.25) is 17.6 Å². The summed E-state index contributed by atoms with van der Waals surface area (Å²) in [4.78, 5) is 37.0. The lowest BCUT2D eigenvalue weighted by Crippen LogP contribution is -2.32. The number of hydrogen-bond acceptors (Lipinski definition) is 4. The molecule has 7 heteroatoms. The van der Waals surface area contributed by atoms with Crippen molar-refractivity contribution < 1.29 is 23.9 Å². The molecule has 1 aromatic heterocycles. The fraction of sp³-hybridized carbons (Fsp3) is 0.316. The van der Waals surface area contributed by atoms with Gasteiger partial charge in [0, 0.05) is 18.7 Å². The minimum Gasteiger partial charge on any atom is -0.475 e. The number of furan rings is 1. The summed E-state index contributed by atoms with van der Waals surface area (Å²) in [5.74, 6) is -1.75. The predicted octanol–water partition coefficient (Wildman–Crippen LogP) is 2.21. The molecule has 2 heterocycles. The smallest absolute Gasteiger partial charge is 0.371 e. The lowest BCUT2D eigenvalue weighted by molar-refractivity contribution is -0.126. The minimum atomic E-state index is -1.16. The average molecular weight is 356 g/mol. The number of benzene rings is 1. The highest BCUT2D eigenvalue weighted by Gasteiger charge is 2.35. The van der Waals surface area contributed by atoms with Crippen molar-refractivity contribution in [2.24, 2.45) is 5.92 Å². The van der Waals surface area contributed by atoms with Crippen molar-refractivity contribution >= 4 is 23.5 Å². The van der Waals surface area contributed by atoms with Crippen molar-refractivity contribution in [3.63, 3.8) is 0 Å². The van der Waals surface area contributed by atoms with Gasteiger partial charge in [0.05, 0.1) is 12.5 Å². The Balaban J connectivity index is 1.58. The van der Waals surface area contributed by atoms with Gasteiger partial charge < -0.3 is 19.7 Å². The van der Waals surface area contributed by atoms with Gasteiger partial charge in [0.1, 0.15) is 5.76 Å². The van der Waals surface area contributed by atoms with E-state index in [9.17, 15) is 14.4 Å². The van der Waals surface area contributed by atoms with Crippen LogP contribution in [0.15, 0.2) is 40.8 Å². The van der Waals surface area contributed by atoms with Crippen LogP contribution in [0.2, 0.25) is 0 Å². The summed E-state index contributed by atoms with van der Waals surface area (Å²) in [7, 11) is 0. The molecule has 0 aliphatic carbocycles. The Morgan fingerprint density at radius 1 is 1.23 bits per heavy atom. The molecule has 2 amide bonds. The van der Waals surface area contributed by atoms with Crippen molar-refractivity contribution in [1.29, 1.82) is 0 Å². The molecule has 2 N–H and O–H groups in total. The molecule has 3 rings (SSSR count). The molecule has 1 fully saturated rings. The number of rotatable bonds is 6. The summed E-state index contributed by atoms with van der Waals surface area (Å²) in [6.07, 6.45) is 1.08. The van der Waals surface area contributed by atoms with E-state index in [1.165, 1.54) is 17.7 Å². The second-order valence-corrected chi connectivity index (χ2v) is 6.21. The largest absolute Gasteiger partial charge is 0.475 e. The normalized spacial score (nSPS) is 16.7. The first-order valence-electron chi connectivity index (χ1n) is 8.47. The van der Waals surface area contributed by atoms with Crippen LogP contribution in [0.1, 0.15) is 35.2 Å². The summed E-state index contributed by atoms with van der Waals surface area (Å²) >= 11 is 0. The van der Waals surface area contributed by atoms with Gasteiger partial charge in [-0.2, -0.15) is 0 Å². The average Bonchev–Trinajstić information content (AvgIpc) is 3.27. The molecule has 1 aromatic carbocycles. The zero-order valence-electron chi connectivity index (χ0n) is 14.4. The van der Waals surface area contributed by atoms with Gasteiger partial charge >= 0.3 is 5.97 Å². The van der Waals surface area contributed by atoms with E-state index in [0.29, 0.717) is 12.3 Å². The highest BCUT2D eigenvalue weighted by atomic mass is 16.4. The zero-order valence-corrected chi connectivity index (χ0v) is 14.4. The molecule has 26 heavy (non-hydrogen) atoms. The van der Waals surface area contributed by atoms with Crippen molar-refractivity contribution in [1.82, 2.24) is 5.32 Å². The van der Waals surface area contributed by atoms with Crippen molar-refractivity contribution in [3.8, 4) is 0 Å². The molecule has 0 saturated carbocycles. The van der Waals surface area contributed by atoms with Gasteiger partial charge in [-0.3, -0.25) is 9.59 Å². The third-order valence-electron chi connectivity index (χ3n) is 4.46. The quantitative estimate of drug-likeness (QED) is 0.827. The van der Waals surface area contributed by atoms with Gasteiger partial charge in [-0.1, -0.05) is 19.1 Å². The van der Waals surface area contributed by atoms with Crippen LogP contribution >= 0.6 is 0 Å². The van der Waals surface area contributed by atoms with Crippen molar-refractivity contribution in [3.05, 3.63) is 53.5 Å². The van der Waals surface area contributed by atoms with E-state index in [0.717, 1.165) is 12.1 Å². The standard InChI is InChI=1S/C19H20N2O5/c1-2-12-3-5-14(6-4-12)21-11-13(9-17(21)22)18(23)20-10-15-7-8-16(26-15)19(24)25/h3-8,13H,2,9-11H2,1H3,(H,20,23)(H,24,25). The molecule has 7 nitrogen and oxygen atoms in total. The van der Waals surface area contributed by atoms with E-state index in [4.69, 9.17) is 9.52 Å². The van der Waals surface area contributed by atoms with Gasteiger partial charge in [-0.05, 0) is 36.2 Å². The van der Waals surface area contributed by atoms with Crippen LogP contribution in [0.3, 0.4) is 0 Å². The Labute approximate surface area is 150 Å². The second-order valence-electron chi connectivity index (χ2n) is 6.21. The molecule has 1 saturated heterocycles. The van der Waals surface area contributed by atoms with Crippen LogP contribution in [0, 0.1) is 5.92 Å². The van der Waals surface area contributed by atoms with Gasteiger partial charge in [0.15, 0.2) is 0 Å². The summed E-state index contributed by atoms with van der Waals surface area (Å²) < 4.78 is 5.10. The van der Waals surface area contributed by atoms with Crippen LogP contribution in [-0.4, -0.2) is 29.4 Å². The summed E-state index contributed by atoms with van der Waals surface area (Å²) in [6.45, 7) is 2.48. The topological polar surface area (TPSA) is 99.8 Å². The Morgan fingerprint density at radius 3 is 2.58 bits per heavy atom. The minimum absolute atomic E-state index is 0.0828. The number of carboxylic acid groups (broad SMARTS) is 1. The fourth-order valence-electron chi connectivity index (χ4n) is 2.95. The molecule has 1 aliphatic rings.